The van der Waals surface area contributed by atoms with Crippen LogP contribution in [0.3, 0.4) is 0 Å². The smallest absolute Gasteiger partial charge is 0.199 e. The van der Waals surface area contributed by atoms with Crippen LogP contribution in [0.2, 0.25) is 0 Å². The second kappa shape index (κ2) is 8.90. The van der Waals surface area contributed by atoms with Gasteiger partial charge < -0.3 is 5.32 Å². The van der Waals surface area contributed by atoms with Crippen molar-refractivity contribution in [1.29, 1.82) is 0 Å². The molecule has 1 N–H and O–H groups in total. The third-order valence-electron chi connectivity index (χ3n) is 4.67. The lowest BCUT2D eigenvalue weighted by molar-refractivity contribution is 0.410. The van der Waals surface area contributed by atoms with Crippen LogP contribution in [0.15, 0.2) is 53.5 Å². The number of aliphatic imine (C=N–C) groups is 1. The van der Waals surface area contributed by atoms with Gasteiger partial charge in [0.1, 0.15) is 0 Å². The number of hydrogen-bond donors (Lipinski definition) is 1. The van der Waals surface area contributed by atoms with Crippen molar-refractivity contribution in [3.63, 3.8) is 0 Å². The van der Waals surface area contributed by atoms with Crippen molar-refractivity contribution >= 4 is 23.3 Å². The molecule has 0 fully saturated rings. The fraction of sp³-hybridized carbons (Fsp3) is 0.174. The molecule has 29 heavy (non-hydrogen) atoms. The molecule has 0 saturated carbocycles. The number of benzene rings is 3. The highest BCUT2D eigenvalue weighted by molar-refractivity contribution is 5.91. The highest BCUT2D eigenvalue weighted by atomic mass is 19.2. The number of aryl methyl sites for hydroxylation is 2. The Morgan fingerprint density at radius 2 is 1.34 bits per heavy atom. The minimum absolute atomic E-state index is 0.475. The molecule has 0 radical (unpaired) electrons. The summed E-state index contributed by atoms with van der Waals surface area (Å²) in [5.74, 6) is -6.75. The lowest BCUT2D eigenvalue weighted by Gasteiger charge is -2.15. The van der Waals surface area contributed by atoms with Crippen molar-refractivity contribution in [3.8, 4) is 0 Å². The molecule has 0 aromatic heterocycles. The Morgan fingerprint density at radius 3 is 2.03 bits per heavy atom. The molecule has 0 bridgehead atoms. The van der Waals surface area contributed by atoms with Gasteiger partial charge in [-0.2, -0.15) is 0 Å². The summed E-state index contributed by atoms with van der Waals surface area (Å²) in [5.41, 5.74) is 1.73. The van der Waals surface area contributed by atoms with Gasteiger partial charge in [-0.3, -0.25) is 4.99 Å². The van der Waals surface area contributed by atoms with E-state index in [2.05, 4.69) is 10.3 Å². The predicted octanol–water partition coefficient (Wildman–Crippen LogP) is 6.86. The van der Waals surface area contributed by atoms with Gasteiger partial charge in [0.15, 0.2) is 23.3 Å². The van der Waals surface area contributed by atoms with E-state index in [0.717, 1.165) is 17.3 Å². The number of halogens is 4. The summed E-state index contributed by atoms with van der Waals surface area (Å²) in [6.45, 7) is 3.83. The van der Waals surface area contributed by atoms with Crippen LogP contribution < -0.4 is 5.32 Å². The molecule has 0 spiro atoms. The summed E-state index contributed by atoms with van der Waals surface area (Å²) in [6, 6.07) is 14.1. The lowest BCUT2D eigenvalue weighted by atomic mass is 10.1. The molecular weight excluding hydrogens is 380 g/mol. The van der Waals surface area contributed by atoms with Crippen LogP contribution in [0.5, 0.6) is 0 Å². The first-order valence-corrected chi connectivity index (χ1v) is 9.30. The molecule has 150 valence electrons. The Balaban J connectivity index is 2.14. The van der Waals surface area contributed by atoms with E-state index in [1.165, 1.54) is 0 Å². The Bertz CT molecular complexity index is 1060. The van der Waals surface area contributed by atoms with Crippen LogP contribution in [0.4, 0.5) is 34.6 Å². The second-order valence-electron chi connectivity index (χ2n) is 6.42. The van der Waals surface area contributed by atoms with E-state index in [1.54, 1.807) is 30.3 Å². The molecular formula is C23H20F4N2. The molecule has 3 aromatic rings. The van der Waals surface area contributed by atoms with Crippen molar-refractivity contribution in [2.45, 2.75) is 26.7 Å². The van der Waals surface area contributed by atoms with Gasteiger partial charge in [-0.1, -0.05) is 50.2 Å². The van der Waals surface area contributed by atoms with Crippen LogP contribution in [-0.2, 0) is 12.8 Å². The van der Waals surface area contributed by atoms with Crippen molar-refractivity contribution in [3.05, 3.63) is 88.5 Å². The monoisotopic (exact) mass is 400 g/mol. The maximum absolute atomic E-state index is 14.6. The summed E-state index contributed by atoms with van der Waals surface area (Å²) in [7, 11) is 0. The number of nitrogens with one attached hydrogen (secondary N) is 1. The fourth-order valence-electron chi connectivity index (χ4n) is 3.05. The van der Waals surface area contributed by atoms with Crippen LogP contribution in [-0.4, -0.2) is 6.21 Å². The number of rotatable bonds is 6. The van der Waals surface area contributed by atoms with E-state index in [1.807, 2.05) is 32.0 Å². The quantitative estimate of drug-likeness (QED) is 0.208. The lowest BCUT2D eigenvalue weighted by Crippen LogP contribution is -2.09. The van der Waals surface area contributed by atoms with Gasteiger partial charge in [0.05, 0.1) is 16.9 Å². The minimum Gasteiger partial charge on any atom is -0.352 e. The Morgan fingerprint density at radius 1 is 0.759 bits per heavy atom. The van der Waals surface area contributed by atoms with E-state index in [4.69, 9.17) is 0 Å². The summed E-state index contributed by atoms with van der Waals surface area (Å²) >= 11 is 0. The molecule has 3 aromatic carbocycles. The van der Waals surface area contributed by atoms with Crippen molar-refractivity contribution in [1.82, 2.24) is 0 Å². The Hall–Kier alpha value is -3.15. The van der Waals surface area contributed by atoms with Gasteiger partial charge in [-0.05, 0) is 36.1 Å². The largest absolute Gasteiger partial charge is 0.352 e. The number of para-hydroxylation sites is 2. The predicted molar refractivity (Wildman–Crippen MR) is 108 cm³/mol. The topological polar surface area (TPSA) is 24.4 Å². The van der Waals surface area contributed by atoms with Gasteiger partial charge >= 0.3 is 0 Å². The first kappa shape index (κ1) is 20.6. The molecule has 6 heteroatoms. The SMILES string of the molecule is CCc1ccccc1N=Cc1c(F)c(F)c(F)c(F)c1Nc1ccccc1CC. The zero-order valence-corrected chi connectivity index (χ0v) is 16.1. The molecule has 0 amide bonds. The van der Waals surface area contributed by atoms with Crippen LogP contribution in [0, 0.1) is 23.3 Å². The molecule has 0 atom stereocenters. The highest BCUT2D eigenvalue weighted by Crippen LogP contribution is 2.32. The summed E-state index contributed by atoms with van der Waals surface area (Å²) in [4.78, 5) is 4.20. The Labute approximate surface area is 166 Å². The maximum Gasteiger partial charge on any atom is 0.199 e. The van der Waals surface area contributed by atoms with Crippen LogP contribution >= 0.6 is 0 Å². The molecule has 0 heterocycles. The van der Waals surface area contributed by atoms with E-state index < -0.39 is 34.5 Å². The zero-order chi connectivity index (χ0) is 21.0. The van der Waals surface area contributed by atoms with Crippen molar-refractivity contribution in [2.24, 2.45) is 4.99 Å². The minimum atomic E-state index is -1.87. The summed E-state index contributed by atoms with van der Waals surface area (Å²) < 4.78 is 57.0. The number of hydrogen-bond acceptors (Lipinski definition) is 2. The third kappa shape index (κ3) is 4.16. The summed E-state index contributed by atoms with van der Waals surface area (Å²) in [6.07, 6.45) is 2.31. The van der Waals surface area contributed by atoms with Crippen molar-refractivity contribution < 1.29 is 17.6 Å². The van der Waals surface area contributed by atoms with E-state index >= 15 is 0 Å². The van der Waals surface area contributed by atoms with Crippen molar-refractivity contribution in [2.75, 3.05) is 5.32 Å². The maximum atomic E-state index is 14.6. The van der Waals surface area contributed by atoms with E-state index in [9.17, 15) is 17.6 Å². The highest BCUT2D eigenvalue weighted by Gasteiger charge is 2.25. The molecule has 0 unspecified atom stereocenters. The third-order valence-corrected chi connectivity index (χ3v) is 4.67. The van der Waals surface area contributed by atoms with E-state index in [-0.39, 0.29) is 0 Å². The number of nitrogens with zero attached hydrogens (tertiary/aromatic N) is 1. The molecule has 0 aliphatic carbocycles. The number of anilines is 2. The van der Waals surface area contributed by atoms with Crippen LogP contribution in [0.1, 0.15) is 30.5 Å². The molecule has 0 aliphatic heterocycles. The Kier molecular flexibility index (Phi) is 6.32. The summed E-state index contributed by atoms with van der Waals surface area (Å²) in [5, 5.41) is 2.72. The zero-order valence-electron chi connectivity index (χ0n) is 16.1. The average molecular weight is 400 g/mol. The molecule has 3 rings (SSSR count). The second-order valence-corrected chi connectivity index (χ2v) is 6.42. The average Bonchev–Trinajstić information content (AvgIpc) is 2.76. The van der Waals surface area contributed by atoms with Gasteiger partial charge in [0, 0.05) is 11.9 Å². The molecule has 0 saturated heterocycles. The van der Waals surface area contributed by atoms with Crippen LogP contribution in [0.25, 0.3) is 0 Å². The fourth-order valence-corrected chi connectivity index (χ4v) is 3.05. The van der Waals surface area contributed by atoms with Gasteiger partial charge in [-0.15, -0.1) is 0 Å². The normalized spacial score (nSPS) is 11.2. The van der Waals surface area contributed by atoms with Gasteiger partial charge in [0.25, 0.3) is 0 Å². The molecule has 0 aliphatic rings. The van der Waals surface area contributed by atoms with Gasteiger partial charge in [-0.25, -0.2) is 17.6 Å². The first-order chi connectivity index (χ1) is 14.0. The molecule has 2 nitrogen and oxygen atoms in total. The van der Waals surface area contributed by atoms with Gasteiger partial charge in [0.2, 0.25) is 0 Å². The standard InChI is InChI=1S/C23H20F4N2/c1-3-14-9-5-7-11-17(14)28-13-16-19(24)20(25)21(26)22(27)23(16)29-18-12-8-6-10-15(18)4-2/h5-13,29H,3-4H2,1-2H3. The first-order valence-electron chi connectivity index (χ1n) is 9.30. The van der Waals surface area contributed by atoms with E-state index in [0.29, 0.717) is 24.2 Å².